The molecule has 3 rings (SSSR count). The number of hydrogen-bond donors (Lipinski definition) is 2. The number of carbonyl (C=O) groups is 4. The fraction of sp³-hybridized carbons (Fsp3) is 0.536. The van der Waals surface area contributed by atoms with Crippen LogP contribution in [0.25, 0.3) is 0 Å². The van der Waals surface area contributed by atoms with E-state index < -0.39 is 24.2 Å². The standard InChI is InChI=1S/C28H37N3O6S/c1-17(2)26-19(4)9-10-24(34)29-11-5-7-18(3)13-20(32)14-21(33)15-25-30-22(16-38-25)27(35)31-12-6-8-23(31)28(36)37-26/h5,7,9-10,13,16-17,19-20,23,26,32H,6,8,11-12,14-15H2,1-4H3,(H,29,34)/b7-5+,10-9+,18-13+/t19-,20-,23-,26-/m1/s1. The minimum atomic E-state index is -0.959. The van der Waals surface area contributed by atoms with E-state index in [1.54, 1.807) is 36.6 Å². The number of Topliss-reactive ketones (excluding diaryl/α,β-unsaturated/α-hetero) is 1. The van der Waals surface area contributed by atoms with Crippen molar-refractivity contribution in [3.63, 3.8) is 0 Å². The number of cyclic esters (lactones) is 1. The Morgan fingerprint density at radius 1 is 1.21 bits per heavy atom. The predicted molar refractivity (Wildman–Crippen MR) is 144 cm³/mol. The summed E-state index contributed by atoms with van der Waals surface area (Å²) in [5, 5.41) is 15.1. The number of nitrogens with one attached hydrogen (secondary N) is 1. The maximum absolute atomic E-state index is 13.2. The van der Waals surface area contributed by atoms with E-state index in [1.165, 1.54) is 22.3 Å². The number of aromatic nitrogens is 1. The largest absolute Gasteiger partial charge is 0.460 e. The van der Waals surface area contributed by atoms with Gasteiger partial charge < -0.3 is 20.1 Å². The van der Waals surface area contributed by atoms with Gasteiger partial charge in [0.25, 0.3) is 5.91 Å². The fourth-order valence-corrected chi connectivity index (χ4v) is 5.46. The van der Waals surface area contributed by atoms with E-state index in [2.05, 4.69) is 10.3 Å². The number of amides is 2. The number of esters is 1. The van der Waals surface area contributed by atoms with Crippen molar-refractivity contribution in [1.29, 1.82) is 0 Å². The van der Waals surface area contributed by atoms with E-state index >= 15 is 0 Å². The summed E-state index contributed by atoms with van der Waals surface area (Å²) in [5.41, 5.74) is 0.950. The molecule has 2 aliphatic heterocycles. The second kappa shape index (κ2) is 13.6. The first-order chi connectivity index (χ1) is 18.0. The summed E-state index contributed by atoms with van der Waals surface area (Å²) < 4.78 is 5.90. The van der Waals surface area contributed by atoms with Crippen LogP contribution < -0.4 is 5.32 Å². The van der Waals surface area contributed by atoms with Crippen molar-refractivity contribution in [1.82, 2.24) is 15.2 Å². The Hall–Kier alpha value is -3.11. The van der Waals surface area contributed by atoms with E-state index in [9.17, 15) is 24.3 Å². The van der Waals surface area contributed by atoms with Crippen LogP contribution in [0.3, 0.4) is 0 Å². The average molecular weight is 544 g/mol. The van der Waals surface area contributed by atoms with E-state index in [-0.39, 0.29) is 54.5 Å². The van der Waals surface area contributed by atoms with Gasteiger partial charge in [0.1, 0.15) is 28.6 Å². The summed E-state index contributed by atoms with van der Waals surface area (Å²) in [6, 6.07) is -0.714. The van der Waals surface area contributed by atoms with Crippen LogP contribution in [0.1, 0.15) is 62.5 Å². The molecule has 206 valence electrons. The summed E-state index contributed by atoms with van der Waals surface area (Å²) >= 11 is 1.21. The number of ketones is 1. The predicted octanol–water partition coefficient (Wildman–Crippen LogP) is 3.00. The van der Waals surface area contributed by atoms with Gasteiger partial charge in [-0.15, -0.1) is 11.3 Å². The van der Waals surface area contributed by atoms with Crippen LogP contribution in [0, 0.1) is 11.8 Å². The Kier molecular flexibility index (Phi) is 10.6. The van der Waals surface area contributed by atoms with Crippen molar-refractivity contribution in [2.45, 2.75) is 71.6 Å². The molecule has 1 fully saturated rings. The molecule has 0 spiro atoms. The first-order valence-electron chi connectivity index (χ1n) is 13.0. The van der Waals surface area contributed by atoms with Gasteiger partial charge in [0.2, 0.25) is 5.91 Å². The highest BCUT2D eigenvalue weighted by atomic mass is 32.1. The highest BCUT2D eigenvalue weighted by molar-refractivity contribution is 7.09. The van der Waals surface area contributed by atoms with Crippen LogP contribution in [0.2, 0.25) is 0 Å². The van der Waals surface area contributed by atoms with Crippen molar-refractivity contribution < 1.29 is 29.0 Å². The lowest BCUT2D eigenvalue weighted by Gasteiger charge is -2.29. The van der Waals surface area contributed by atoms with Gasteiger partial charge in [-0.2, -0.15) is 0 Å². The average Bonchev–Trinajstić information content (AvgIpc) is 3.52. The monoisotopic (exact) mass is 543 g/mol. The number of aliphatic hydroxyl groups excluding tert-OH is 1. The summed E-state index contributed by atoms with van der Waals surface area (Å²) in [5.74, 6) is -1.55. The number of nitrogens with zero attached hydrogens (tertiary/aromatic N) is 2. The van der Waals surface area contributed by atoms with Gasteiger partial charge in [-0.25, -0.2) is 9.78 Å². The van der Waals surface area contributed by atoms with Crippen LogP contribution in [-0.4, -0.2) is 69.9 Å². The zero-order chi connectivity index (χ0) is 27.8. The molecule has 2 amide bonds. The van der Waals surface area contributed by atoms with Crippen molar-refractivity contribution in [2.24, 2.45) is 11.8 Å². The molecular formula is C28H37N3O6S. The molecule has 2 aliphatic rings. The number of aliphatic hydroxyl groups is 1. The van der Waals surface area contributed by atoms with E-state index in [0.717, 1.165) is 5.57 Å². The third-order valence-electron chi connectivity index (χ3n) is 6.55. The van der Waals surface area contributed by atoms with Crippen LogP contribution in [0.5, 0.6) is 0 Å². The third kappa shape index (κ3) is 8.19. The lowest BCUT2D eigenvalue weighted by atomic mass is 9.94. The van der Waals surface area contributed by atoms with Gasteiger partial charge in [-0.05, 0) is 31.8 Å². The molecule has 0 saturated carbocycles. The molecule has 1 aromatic heterocycles. The van der Waals surface area contributed by atoms with Gasteiger partial charge in [0.05, 0.1) is 12.5 Å². The Morgan fingerprint density at radius 3 is 2.71 bits per heavy atom. The fourth-order valence-electron chi connectivity index (χ4n) is 4.66. The number of rotatable bonds is 1. The Morgan fingerprint density at radius 2 is 1.97 bits per heavy atom. The Labute approximate surface area is 227 Å². The number of hydrogen-bond acceptors (Lipinski definition) is 8. The first kappa shape index (κ1) is 29.4. The smallest absolute Gasteiger partial charge is 0.329 e. The highest BCUT2D eigenvalue weighted by Crippen LogP contribution is 2.26. The van der Waals surface area contributed by atoms with E-state index in [4.69, 9.17) is 4.74 Å². The SMILES string of the molecule is CC1=C\[C@@H](O)CC(=O)Cc2nc(cs2)C(=O)N2CCC[C@@H]2C(=O)O[C@H](C(C)C)[C@H](C)/C=C/C(=O)NC\C=C\1. The first-order valence-corrected chi connectivity index (χ1v) is 13.9. The van der Waals surface area contributed by atoms with Crippen LogP contribution in [0.15, 0.2) is 41.3 Å². The molecule has 0 aromatic carbocycles. The van der Waals surface area contributed by atoms with Gasteiger partial charge in [0, 0.05) is 30.8 Å². The molecule has 10 heteroatoms. The van der Waals surface area contributed by atoms with Crippen molar-refractivity contribution in [2.75, 3.05) is 13.1 Å². The minimum absolute atomic E-state index is 0.00613. The summed E-state index contributed by atoms with van der Waals surface area (Å²) in [7, 11) is 0. The molecule has 1 aromatic rings. The Balaban J connectivity index is 1.85. The molecule has 9 nitrogen and oxygen atoms in total. The molecule has 0 radical (unpaired) electrons. The zero-order valence-electron chi connectivity index (χ0n) is 22.4. The lowest BCUT2D eigenvalue weighted by Crippen LogP contribution is -2.44. The number of thiazole rings is 1. The minimum Gasteiger partial charge on any atom is -0.460 e. The van der Waals surface area contributed by atoms with Crippen LogP contribution in [-0.2, 0) is 25.5 Å². The second-order valence-electron chi connectivity index (χ2n) is 10.2. The summed E-state index contributed by atoms with van der Waals surface area (Å²) in [4.78, 5) is 57.0. The van der Waals surface area contributed by atoms with Gasteiger partial charge in [0.15, 0.2) is 0 Å². The maximum atomic E-state index is 13.2. The van der Waals surface area contributed by atoms with Crippen molar-refractivity contribution >= 4 is 34.9 Å². The second-order valence-corrected chi connectivity index (χ2v) is 11.1. The molecule has 0 aliphatic carbocycles. The maximum Gasteiger partial charge on any atom is 0.329 e. The van der Waals surface area contributed by atoms with Crippen molar-refractivity contribution in [3.05, 3.63) is 52.0 Å². The molecule has 0 unspecified atom stereocenters. The zero-order valence-corrected chi connectivity index (χ0v) is 23.2. The number of ether oxygens (including phenoxy) is 1. The quantitative estimate of drug-likeness (QED) is 0.522. The molecule has 2 N–H and O–H groups in total. The lowest BCUT2D eigenvalue weighted by molar-refractivity contribution is -0.158. The molecule has 4 atom stereocenters. The number of allylic oxidation sites excluding steroid dienone is 2. The van der Waals surface area contributed by atoms with Gasteiger partial charge >= 0.3 is 5.97 Å². The summed E-state index contributed by atoms with van der Waals surface area (Å²) in [6.07, 6.45) is 7.92. The van der Waals surface area contributed by atoms with Crippen LogP contribution in [0.4, 0.5) is 0 Å². The topological polar surface area (TPSA) is 126 Å². The Bertz CT molecular complexity index is 1120. The van der Waals surface area contributed by atoms with E-state index in [0.29, 0.717) is 24.4 Å². The molecule has 1 saturated heterocycles. The number of carbonyl (C=O) groups excluding carboxylic acids is 4. The molecular weight excluding hydrogens is 506 g/mol. The molecule has 2 bridgehead atoms. The third-order valence-corrected chi connectivity index (χ3v) is 7.40. The van der Waals surface area contributed by atoms with Crippen molar-refractivity contribution in [3.8, 4) is 0 Å². The number of fused-ring (bicyclic) bond motifs is 3. The highest BCUT2D eigenvalue weighted by Gasteiger charge is 2.38. The molecule has 38 heavy (non-hydrogen) atoms. The van der Waals surface area contributed by atoms with Crippen LogP contribution >= 0.6 is 11.3 Å². The van der Waals surface area contributed by atoms with Gasteiger partial charge in [-0.3, -0.25) is 14.4 Å². The van der Waals surface area contributed by atoms with E-state index in [1.807, 2.05) is 20.8 Å². The molecule has 3 heterocycles. The summed E-state index contributed by atoms with van der Waals surface area (Å²) in [6.45, 7) is 8.28. The normalized spacial score (nSPS) is 29.7. The van der Waals surface area contributed by atoms with Gasteiger partial charge in [-0.1, -0.05) is 50.6 Å².